The van der Waals surface area contributed by atoms with E-state index in [-0.39, 0.29) is 24.3 Å². The van der Waals surface area contributed by atoms with Gasteiger partial charge in [0.05, 0.1) is 0 Å². The fourth-order valence-electron chi connectivity index (χ4n) is 3.25. The number of amides is 2. The Labute approximate surface area is 149 Å². The summed E-state index contributed by atoms with van der Waals surface area (Å²) < 4.78 is 13.2. The Morgan fingerprint density at radius 1 is 1.21 bits per heavy atom. The van der Waals surface area contributed by atoms with E-state index in [0.717, 1.165) is 51.9 Å². The van der Waals surface area contributed by atoms with Crippen LogP contribution in [0.4, 0.5) is 9.18 Å². The molecule has 0 bridgehead atoms. The first-order valence-electron chi connectivity index (χ1n) is 8.72. The largest absolute Gasteiger partial charge is 0.335 e. The molecule has 1 saturated carbocycles. The average Bonchev–Trinajstić information content (AvgIpc) is 3.38. The molecule has 134 valence electrons. The first-order valence-corrected chi connectivity index (χ1v) is 8.72. The monoisotopic (exact) mass is 355 g/mol. The van der Waals surface area contributed by atoms with Crippen LogP contribution in [0, 0.1) is 5.82 Å². The molecule has 1 aliphatic carbocycles. The van der Waals surface area contributed by atoms with Crippen LogP contribution in [0.1, 0.15) is 44.2 Å². The molecule has 0 radical (unpaired) electrons. The number of carbonyl (C=O) groups excluding carboxylic acids is 1. The summed E-state index contributed by atoms with van der Waals surface area (Å²) in [6.45, 7) is 5.45. The summed E-state index contributed by atoms with van der Waals surface area (Å²) in [6.07, 6.45) is 4.38. The molecule has 2 aliphatic rings. The normalized spacial score (nSPS) is 19.5. The van der Waals surface area contributed by atoms with Crippen LogP contribution in [0.3, 0.4) is 0 Å². The highest BCUT2D eigenvalue weighted by molar-refractivity contribution is 5.85. The van der Waals surface area contributed by atoms with Crippen molar-refractivity contribution in [3.8, 4) is 0 Å². The van der Waals surface area contributed by atoms with Crippen LogP contribution in [0.2, 0.25) is 0 Å². The lowest BCUT2D eigenvalue weighted by Crippen LogP contribution is -2.52. The van der Waals surface area contributed by atoms with Gasteiger partial charge in [0.15, 0.2) is 0 Å². The lowest BCUT2D eigenvalue weighted by molar-refractivity contribution is 0.103. The van der Waals surface area contributed by atoms with Gasteiger partial charge < -0.3 is 10.2 Å². The molecule has 1 heterocycles. The number of piperazine rings is 1. The van der Waals surface area contributed by atoms with E-state index >= 15 is 0 Å². The molecular formula is C18H27ClFN3O. The van der Waals surface area contributed by atoms with Gasteiger partial charge in [0.2, 0.25) is 0 Å². The van der Waals surface area contributed by atoms with Gasteiger partial charge in [0, 0.05) is 38.3 Å². The molecule has 0 aromatic heterocycles. The van der Waals surface area contributed by atoms with Crippen LogP contribution in [0.5, 0.6) is 0 Å². The summed E-state index contributed by atoms with van der Waals surface area (Å²) in [5, 5.41) is 3.06. The number of benzene rings is 1. The third-order valence-electron chi connectivity index (χ3n) is 4.76. The van der Waals surface area contributed by atoms with Gasteiger partial charge in [-0.2, -0.15) is 0 Å². The Kier molecular flexibility index (Phi) is 6.87. The number of nitrogens with one attached hydrogen (secondary N) is 1. The minimum absolute atomic E-state index is 0. The van der Waals surface area contributed by atoms with E-state index in [1.165, 1.54) is 17.7 Å². The van der Waals surface area contributed by atoms with E-state index in [0.29, 0.717) is 12.1 Å². The molecule has 1 saturated heterocycles. The second-order valence-corrected chi connectivity index (χ2v) is 6.60. The Morgan fingerprint density at radius 3 is 2.38 bits per heavy atom. The highest BCUT2D eigenvalue weighted by Crippen LogP contribution is 2.27. The van der Waals surface area contributed by atoms with Gasteiger partial charge in [0.1, 0.15) is 5.82 Å². The van der Waals surface area contributed by atoms with Gasteiger partial charge in [-0.1, -0.05) is 25.5 Å². The molecule has 1 aromatic rings. The fourth-order valence-corrected chi connectivity index (χ4v) is 3.25. The number of halogens is 2. The Balaban J connectivity index is 0.00000208. The van der Waals surface area contributed by atoms with Gasteiger partial charge in [-0.25, -0.2) is 9.18 Å². The number of rotatable bonds is 5. The maximum atomic E-state index is 13.2. The zero-order chi connectivity index (χ0) is 16.2. The van der Waals surface area contributed by atoms with Crippen LogP contribution in [-0.4, -0.2) is 48.1 Å². The number of urea groups is 1. The van der Waals surface area contributed by atoms with Crippen LogP contribution in [0.15, 0.2) is 24.3 Å². The van der Waals surface area contributed by atoms with E-state index in [1.807, 2.05) is 17.0 Å². The first kappa shape index (κ1) is 19.0. The van der Waals surface area contributed by atoms with E-state index in [2.05, 4.69) is 17.1 Å². The Hall–Kier alpha value is -1.33. The molecule has 1 atom stereocenters. The van der Waals surface area contributed by atoms with E-state index < -0.39 is 0 Å². The smallest absolute Gasteiger partial charge is 0.317 e. The predicted octanol–water partition coefficient (Wildman–Crippen LogP) is 3.58. The molecule has 2 amide bonds. The van der Waals surface area contributed by atoms with Crippen LogP contribution in [0.25, 0.3) is 0 Å². The maximum Gasteiger partial charge on any atom is 0.317 e. The summed E-state index contributed by atoms with van der Waals surface area (Å²) in [5.41, 5.74) is 1.17. The lowest BCUT2D eigenvalue weighted by Gasteiger charge is -2.39. The van der Waals surface area contributed by atoms with E-state index in [4.69, 9.17) is 0 Å². The lowest BCUT2D eigenvalue weighted by atomic mass is 10.00. The van der Waals surface area contributed by atoms with Gasteiger partial charge in [-0.15, -0.1) is 12.4 Å². The van der Waals surface area contributed by atoms with Crippen molar-refractivity contribution in [1.82, 2.24) is 15.1 Å². The van der Waals surface area contributed by atoms with Gasteiger partial charge in [-0.3, -0.25) is 4.90 Å². The van der Waals surface area contributed by atoms with Crippen molar-refractivity contribution < 1.29 is 9.18 Å². The molecule has 24 heavy (non-hydrogen) atoms. The van der Waals surface area contributed by atoms with Crippen LogP contribution in [-0.2, 0) is 0 Å². The quantitative estimate of drug-likeness (QED) is 0.876. The maximum absolute atomic E-state index is 13.2. The van der Waals surface area contributed by atoms with Gasteiger partial charge in [0.25, 0.3) is 0 Å². The average molecular weight is 356 g/mol. The van der Waals surface area contributed by atoms with Crippen molar-refractivity contribution in [1.29, 1.82) is 0 Å². The van der Waals surface area contributed by atoms with Crippen molar-refractivity contribution in [3.63, 3.8) is 0 Å². The third-order valence-corrected chi connectivity index (χ3v) is 4.76. The first-order chi connectivity index (χ1) is 11.2. The van der Waals surface area contributed by atoms with Crippen LogP contribution >= 0.6 is 12.4 Å². The summed E-state index contributed by atoms with van der Waals surface area (Å²) in [6, 6.07) is 7.67. The number of nitrogens with zero attached hydrogens (tertiary/aromatic N) is 2. The summed E-state index contributed by atoms with van der Waals surface area (Å²) in [4.78, 5) is 16.5. The van der Waals surface area contributed by atoms with Gasteiger partial charge >= 0.3 is 6.03 Å². The van der Waals surface area contributed by atoms with Crippen molar-refractivity contribution in [2.24, 2.45) is 0 Å². The SMILES string of the molecule is CCCC(c1ccc(F)cc1)N1CCN(C(=O)NC2CC2)CC1.Cl. The molecule has 6 heteroatoms. The van der Waals surface area contributed by atoms with Crippen molar-refractivity contribution in [2.45, 2.75) is 44.7 Å². The predicted molar refractivity (Wildman–Crippen MR) is 96.0 cm³/mol. The minimum atomic E-state index is -0.189. The zero-order valence-electron chi connectivity index (χ0n) is 14.2. The van der Waals surface area contributed by atoms with E-state index in [9.17, 15) is 9.18 Å². The summed E-state index contributed by atoms with van der Waals surface area (Å²) in [7, 11) is 0. The topological polar surface area (TPSA) is 35.6 Å². The summed E-state index contributed by atoms with van der Waals surface area (Å²) >= 11 is 0. The fraction of sp³-hybridized carbons (Fsp3) is 0.611. The highest BCUT2D eigenvalue weighted by Gasteiger charge is 2.29. The molecule has 1 aliphatic heterocycles. The molecule has 4 nitrogen and oxygen atoms in total. The van der Waals surface area contributed by atoms with Crippen molar-refractivity contribution in [2.75, 3.05) is 26.2 Å². The van der Waals surface area contributed by atoms with Crippen LogP contribution < -0.4 is 5.32 Å². The zero-order valence-corrected chi connectivity index (χ0v) is 15.0. The molecule has 1 aromatic carbocycles. The minimum Gasteiger partial charge on any atom is -0.335 e. The van der Waals surface area contributed by atoms with E-state index in [1.54, 1.807) is 0 Å². The Bertz CT molecular complexity index is 528. The standard InChI is InChI=1S/C18H26FN3O.ClH/c1-2-3-17(14-4-6-15(19)7-5-14)21-10-12-22(13-11-21)18(23)20-16-8-9-16;/h4-7,16-17H,2-3,8-13H2,1H3,(H,20,23);1H. The third kappa shape index (κ3) is 4.84. The molecule has 1 N–H and O–H groups in total. The van der Waals surface area contributed by atoms with Crippen molar-refractivity contribution in [3.05, 3.63) is 35.6 Å². The second kappa shape index (κ2) is 8.67. The number of hydrogen-bond acceptors (Lipinski definition) is 2. The molecule has 3 rings (SSSR count). The number of carbonyl (C=O) groups is 1. The molecule has 2 fully saturated rings. The molecule has 1 unspecified atom stereocenters. The Morgan fingerprint density at radius 2 is 1.83 bits per heavy atom. The molecular weight excluding hydrogens is 329 g/mol. The molecule has 0 spiro atoms. The number of hydrogen-bond donors (Lipinski definition) is 1. The second-order valence-electron chi connectivity index (χ2n) is 6.60. The van der Waals surface area contributed by atoms with Crippen molar-refractivity contribution >= 4 is 18.4 Å². The highest BCUT2D eigenvalue weighted by atomic mass is 35.5. The van der Waals surface area contributed by atoms with Gasteiger partial charge in [-0.05, 0) is 37.0 Å². The summed E-state index contributed by atoms with van der Waals surface area (Å²) in [5.74, 6) is -0.189.